The molecule has 5 nitrogen and oxygen atoms in total. The van der Waals surface area contributed by atoms with Crippen molar-refractivity contribution < 1.29 is 18.8 Å². The van der Waals surface area contributed by atoms with Crippen LogP contribution in [0.1, 0.15) is 61.8 Å². The highest BCUT2D eigenvalue weighted by molar-refractivity contribution is 6.54. The lowest BCUT2D eigenvalue weighted by molar-refractivity contribution is 0.00578. The second-order valence-electron chi connectivity index (χ2n) is 8.08. The van der Waals surface area contributed by atoms with E-state index in [1.807, 2.05) is 54.5 Å². The molecule has 0 N–H and O–H groups in total. The first-order chi connectivity index (χ1) is 10.3. The average Bonchev–Trinajstić information content (AvgIpc) is 2.56. The third-order valence-electron chi connectivity index (χ3n) is 4.30. The largest absolute Gasteiger partial charge is 0.490 e. The molecule has 1 aliphatic rings. The lowest BCUT2D eigenvalue weighted by Gasteiger charge is -2.32. The van der Waals surface area contributed by atoms with Crippen molar-refractivity contribution in [1.29, 1.82) is 0 Å². The summed E-state index contributed by atoms with van der Waals surface area (Å²) in [6, 6.07) is 0. The molecule has 0 spiro atoms. The first-order valence-electron chi connectivity index (χ1n) is 8.28. The predicted octanol–water partition coefficient (Wildman–Crippen LogP) is 3.82. The number of hydrogen-bond donors (Lipinski definition) is 0. The number of hydrogen-bond acceptors (Lipinski definition) is 4. The van der Waals surface area contributed by atoms with Crippen LogP contribution < -0.4 is 0 Å². The fourth-order valence-electron chi connectivity index (χ4n) is 2.07. The Morgan fingerprint density at radius 1 is 1.17 bits per heavy atom. The van der Waals surface area contributed by atoms with Crippen LogP contribution in [0.2, 0.25) is 0 Å². The van der Waals surface area contributed by atoms with Gasteiger partial charge in [0, 0.05) is 13.6 Å². The van der Waals surface area contributed by atoms with Gasteiger partial charge in [0.1, 0.15) is 5.60 Å². The smallest absolute Gasteiger partial charge is 0.444 e. The summed E-state index contributed by atoms with van der Waals surface area (Å²) in [6.45, 7) is 16.2. The molecule has 1 heterocycles. The fourth-order valence-corrected chi connectivity index (χ4v) is 2.07. The van der Waals surface area contributed by atoms with Gasteiger partial charge in [0.25, 0.3) is 0 Å². The Kier molecular flexibility index (Phi) is 5.97. The highest BCUT2D eigenvalue weighted by Gasteiger charge is 2.51. The van der Waals surface area contributed by atoms with Gasteiger partial charge in [0.2, 0.25) is 0 Å². The molecular formula is C17H32BNO4. The lowest BCUT2D eigenvalue weighted by Crippen LogP contribution is -2.41. The minimum Gasteiger partial charge on any atom is -0.444 e. The number of carbonyl (C=O) groups excluding carboxylic acids is 1. The van der Waals surface area contributed by atoms with Crippen molar-refractivity contribution in [3.05, 3.63) is 11.5 Å². The normalized spacial score (nSPS) is 20.6. The van der Waals surface area contributed by atoms with Crippen molar-refractivity contribution in [3.8, 4) is 0 Å². The van der Waals surface area contributed by atoms with Gasteiger partial charge in [0.05, 0.1) is 11.2 Å². The van der Waals surface area contributed by atoms with E-state index < -0.39 is 5.60 Å². The first kappa shape index (κ1) is 20.0. The van der Waals surface area contributed by atoms with Crippen LogP contribution in [0.15, 0.2) is 11.5 Å². The molecule has 1 aliphatic heterocycles. The van der Waals surface area contributed by atoms with Gasteiger partial charge >= 0.3 is 13.2 Å². The summed E-state index contributed by atoms with van der Waals surface area (Å²) in [6.07, 6.45) is 2.46. The van der Waals surface area contributed by atoms with E-state index in [9.17, 15) is 4.79 Å². The van der Waals surface area contributed by atoms with Crippen molar-refractivity contribution in [3.63, 3.8) is 0 Å². The van der Waals surface area contributed by atoms with Crippen LogP contribution in [0, 0.1) is 0 Å². The zero-order valence-electron chi connectivity index (χ0n) is 16.1. The van der Waals surface area contributed by atoms with Gasteiger partial charge in [-0.2, -0.15) is 0 Å². The van der Waals surface area contributed by atoms with E-state index in [-0.39, 0.29) is 24.4 Å². The zero-order chi connectivity index (χ0) is 18.1. The lowest BCUT2D eigenvalue weighted by atomic mass is 9.76. The first-order valence-corrected chi connectivity index (χ1v) is 8.28. The van der Waals surface area contributed by atoms with Gasteiger partial charge in [-0.1, -0.05) is 13.0 Å². The van der Waals surface area contributed by atoms with Crippen LogP contribution >= 0.6 is 0 Å². The molecule has 0 aromatic rings. The standard InChI is InChI=1S/C17H32BNO4/c1-10-13(18-22-16(5,6)17(7,8)23-18)11-12-19(9)14(20)21-15(2,3)4/h11H,10,12H2,1-9H3/b13-11+. The molecule has 0 aliphatic carbocycles. The van der Waals surface area contributed by atoms with Crippen molar-refractivity contribution in [1.82, 2.24) is 4.90 Å². The summed E-state index contributed by atoms with van der Waals surface area (Å²) >= 11 is 0. The van der Waals surface area contributed by atoms with E-state index >= 15 is 0 Å². The van der Waals surface area contributed by atoms with Crippen LogP contribution in [0.3, 0.4) is 0 Å². The number of amides is 1. The Balaban J connectivity index is 2.72. The van der Waals surface area contributed by atoms with Gasteiger partial charge in [-0.15, -0.1) is 0 Å². The van der Waals surface area contributed by atoms with Crippen molar-refractivity contribution in [2.24, 2.45) is 0 Å². The van der Waals surface area contributed by atoms with E-state index in [2.05, 4.69) is 6.92 Å². The summed E-state index contributed by atoms with van der Waals surface area (Å²) in [5.41, 5.74) is -0.167. The molecule has 1 amide bonds. The molecular weight excluding hydrogens is 293 g/mol. The molecule has 23 heavy (non-hydrogen) atoms. The number of rotatable bonds is 4. The second-order valence-corrected chi connectivity index (χ2v) is 8.08. The van der Waals surface area contributed by atoms with Crippen molar-refractivity contribution >= 4 is 13.2 Å². The summed E-state index contributed by atoms with van der Waals surface area (Å²) in [5, 5.41) is 0. The van der Waals surface area contributed by atoms with E-state index in [0.717, 1.165) is 11.9 Å². The molecule has 0 saturated carbocycles. The monoisotopic (exact) mass is 325 g/mol. The molecule has 6 heteroatoms. The average molecular weight is 325 g/mol. The molecule has 132 valence electrons. The molecule has 0 aromatic heterocycles. The third-order valence-corrected chi connectivity index (χ3v) is 4.30. The maximum absolute atomic E-state index is 12.0. The van der Waals surface area contributed by atoms with E-state index in [0.29, 0.717) is 6.54 Å². The number of likely N-dealkylation sites (N-methyl/N-ethyl adjacent to an activating group) is 1. The SMILES string of the molecule is CC/C(=C\CN(C)C(=O)OC(C)(C)C)B1OC(C)(C)C(C)(C)O1. The summed E-state index contributed by atoms with van der Waals surface area (Å²) in [5.74, 6) is 0. The number of nitrogens with zero attached hydrogens (tertiary/aromatic N) is 1. The Labute approximate surface area is 141 Å². The van der Waals surface area contributed by atoms with Gasteiger partial charge in [-0.3, -0.25) is 0 Å². The summed E-state index contributed by atoms with van der Waals surface area (Å²) < 4.78 is 17.5. The second kappa shape index (κ2) is 6.85. The van der Waals surface area contributed by atoms with Crippen LogP contribution in [0.5, 0.6) is 0 Å². The number of ether oxygens (including phenoxy) is 1. The number of allylic oxidation sites excluding steroid dienone is 1. The Bertz CT molecular complexity index is 450. The number of carbonyl (C=O) groups is 1. The van der Waals surface area contributed by atoms with Crippen LogP contribution in [-0.2, 0) is 14.0 Å². The molecule has 0 unspecified atom stereocenters. The van der Waals surface area contributed by atoms with Gasteiger partial charge < -0.3 is 18.9 Å². The maximum atomic E-state index is 12.0. The minimum absolute atomic E-state index is 0.335. The minimum atomic E-state index is -0.492. The van der Waals surface area contributed by atoms with E-state index in [1.54, 1.807) is 11.9 Å². The topological polar surface area (TPSA) is 48.0 Å². The van der Waals surface area contributed by atoms with Gasteiger partial charge in [-0.25, -0.2) is 4.79 Å². The molecule has 0 radical (unpaired) electrons. The highest BCUT2D eigenvalue weighted by atomic mass is 16.7. The van der Waals surface area contributed by atoms with Crippen LogP contribution in [-0.4, -0.2) is 48.5 Å². The van der Waals surface area contributed by atoms with Crippen LogP contribution in [0.25, 0.3) is 0 Å². The fraction of sp³-hybridized carbons (Fsp3) is 0.824. The molecule has 0 bridgehead atoms. The van der Waals surface area contributed by atoms with Crippen molar-refractivity contribution in [2.45, 2.75) is 78.6 Å². The Hall–Kier alpha value is -1.01. The molecule has 0 atom stereocenters. The quantitative estimate of drug-likeness (QED) is 0.737. The summed E-state index contributed by atoms with van der Waals surface area (Å²) in [7, 11) is 1.36. The summed E-state index contributed by atoms with van der Waals surface area (Å²) in [4.78, 5) is 13.5. The van der Waals surface area contributed by atoms with E-state index in [4.69, 9.17) is 14.0 Å². The highest BCUT2D eigenvalue weighted by Crippen LogP contribution is 2.38. The zero-order valence-corrected chi connectivity index (χ0v) is 16.1. The third kappa shape index (κ3) is 5.25. The predicted molar refractivity (Wildman–Crippen MR) is 93.3 cm³/mol. The van der Waals surface area contributed by atoms with E-state index in [1.165, 1.54) is 0 Å². The van der Waals surface area contributed by atoms with Gasteiger partial charge in [-0.05, 0) is 60.4 Å². The maximum Gasteiger partial charge on any atom is 0.490 e. The molecule has 1 saturated heterocycles. The molecule has 0 aromatic carbocycles. The Morgan fingerprint density at radius 2 is 1.65 bits per heavy atom. The molecule has 1 rings (SSSR count). The van der Waals surface area contributed by atoms with Crippen molar-refractivity contribution in [2.75, 3.05) is 13.6 Å². The van der Waals surface area contributed by atoms with Crippen LogP contribution in [0.4, 0.5) is 4.79 Å². The molecule has 1 fully saturated rings. The Morgan fingerprint density at radius 3 is 2.04 bits per heavy atom. The van der Waals surface area contributed by atoms with Gasteiger partial charge in [0.15, 0.2) is 0 Å².